The molecule has 0 bridgehead atoms. The molecule has 3 nitrogen and oxygen atoms in total. The number of pyridine rings is 1. The Bertz CT molecular complexity index is 756. The van der Waals surface area contributed by atoms with Crippen LogP contribution in [0.3, 0.4) is 0 Å². The molecule has 106 valence electrons. The number of hydrogen-bond donors (Lipinski definition) is 2. The van der Waals surface area contributed by atoms with Crippen molar-refractivity contribution in [2.75, 3.05) is 5.32 Å². The number of phenolic OH excluding ortho intramolecular Hbond substituents is 1. The second-order valence-electron chi connectivity index (χ2n) is 4.87. The molecule has 0 radical (unpaired) electrons. The summed E-state index contributed by atoms with van der Waals surface area (Å²) in [5.41, 5.74) is 2.26. The molecule has 21 heavy (non-hydrogen) atoms. The van der Waals surface area contributed by atoms with Gasteiger partial charge in [0.1, 0.15) is 11.6 Å². The van der Waals surface area contributed by atoms with Gasteiger partial charge in [0.2, 0.25) is 0 Å². The van der Waals surface area contributed by atoms with Crippen LogP contribution < -0.4 is 5.32 Å². The van der Waals surface area contributed by atoms with Crippen LogP contribution in [0.5, 0.6) is 5.75 Å². The topological polar surface area (TPSA) is 45.2 Å². The van der Waals surface area contributed by atoms with Crippen LogP contribution in [0.1, 0.15) is 11.1 Å². The molecule has 0 spiro atoms. The molecule has 0 unspecified atom stereocenters. The molecule has 3 aromatic rings. The first-order valence-electron chi connectivity index (χ1n) is 6.71. The van der Waals surface area contributed by atoms with Crippen molar-refractivity contribution in [1.82, 2.24) is 4.98 Å². The van der Waals surface area contributed by atoms with Gasteiger partial charge in [-0.2, -0.15) is 0 Å². The van der Waals surface area contributed by atoms with Crippen molar-refractivity contribution >= 4 is 28.2 Å². The second-order valence-corrected chi connectivity index (χ2v) is 5.14. The summed E-state index contributed by atoms with van der Waals surface area (Å²) in [7, 11) is 0. The number of aromatic hydroxyl groups is 1. The Kier molecular flexibility index (Phi) is 3.93. The van der Waals surface area contributed by atoms with Gasteiger partial charge in [0.15, 0.2) is 0 Å². The normalized spacial score (nSPS) is 10.7. The minimum atomic E-state index is 0.241. The molecule has 0 aliphatic rings. The van der Waals surface area contributed by atoms with Gasteiger partial charge in [0.25, 0.3) is 0 Å². The van der Waals surface area contributed by atoms with Crippen LogP contribution in [-0.2, 0) is 12.4 Å². The van der Waals surface area contributed by atoms with Crippen molar-refractivity contribution in [3.8, 4) is 5.75 Å². The third-order valence-electron chi connectivity index (χ3n) is 3.39. The number of alkyl halides is 1. The van der Waals surface area contributed by atoms with Crippen molar-refractivity contribution in [1.29, 1.82) is 0 Å². The fourth-order valence-corrected chi connectivity index (χ4v) is 2.41. The lowest BCUT2D eigenvalue weighted by atomic mass is 10.1. The van der Waals surface area contributed by atoms with Crippen LogP contribution in [0, 0.1) is 0 Å². The number of anilines is 1. The van der Waals surface area contributed by atoms with E-state index < -0.39 is 0 Å². The van der Waals surface area contributed by atoms with E-state index in [1.165, 1.54) is 0 Å². The fourth-order valence-electron chi connectivity index (χ4n) is 2.23. The van der Waals surface area contributed by atoms with E-state index in [4.69, 9.17) is 11.6 Å². The average Bonchev–Trinajstić information content (AvgIpc) is 2.53. The summed E-state index contributed by atoms with van der Waals surface area (Å²) in [6, 6.07) is 15.3. The number of aromatic nitrogens is 1. The van der Waals surface area contributed by atoms with Crippen LogP contribution in [0.25, 0.3) is 10.8 Å². The molecule has 4 heteroatoms. The lowest BCUT2D eigenvalue weighted by molar-refractivity contribution is 0.476. The number of benzene rings is 2. The van der Waals surface area contributed by atoms with Crippen LogP contribution in [0.4, 0.5) is 5.82 Å². The number of halogens is 1. The van der Waals surface area contributed by atoms with Crippen molar-refractivity contribution in [3.63, 3.8) is 0 Å². The van der Waals surface area contributed by atoms with E-state index in [1.54, 1.807) is 18.3 Å². The Morgan fingerprint density at radius 2 is 1.76 bits per heavy atom. The average molecular weight is 299 g/mol. The number of nitrogens with zero attached hydrogens (tertiary/aromatic N) is 1. The fraction of sp³-hybridized carbons (Fsp3) is 0.118. The summed E-state index contributed by atoms with van der Waals surface area (Å²) in [4.78, 5) is 4.35. The predicted molar refractivity (Wildman–Crippen MR) is 86.7 cm³/mol. The molecule has 1 heterocycles. The first-order chi connectivity index (χ1) is 10.3. The maximum absolute atomic E-state index is 9.63. The molecule has 0 saturated carbocycles. The standard InChI is InChI=1S/C17H15ClN2O/c18-10-12-1-3-13(4-2-12)11-20-17-16-9-15(21)6-5-14(16)7-8-19-17/h1-9,21H,10-11H2,(H,19,20). The minimum Gasteiger partial charge on any atom is -0.508 e. The van der Waals surface area contributed by atoms with E-state index >= 15 is 0 Å². The summed E-state index contributed by atoms with van der Waals surface area (Å²) in [6.45, 7) is 0.671. The quantitative estimate of drug-likeness (QED) is 0.706. The van der Waals surface area contributed by atoms with Gasteiger partial charge >= 0.3 is 0 Å². The molecular weight excluding hydrogens is 284 g/mol. The SMILES string of the molecule is Oc1ccc2ccnc(NCc3ccc(CCl)cc3)c2c1. The zero-order chi connectivity index (χ0) is 14.7. The Morgan fingerprint density at radius 1 is 1.00 bits per heavy atom. The first-order valence-corrected chi connectivity index (χ1v) is 7.25. The van der Waals surface area contributed by atoms with E-state index in [-0.39, 0.29) is 5.75 Å². The molecule has 0 fully saturated rings. The van der Waals surface area contributed by atoms with Gasteiger partial charge in [-0.05, 0) is 34.7 Å². The largest absolute Gasteiger partial charge is 0.508 e. The number of phenols is 1. The van der Waals surface area contributed by atoms with Crippen molar-refractivity contribution in [2.24, 2.45) is 0 Å². The number of fused-ring (bicyclic) bond motifs is 1. The predicted octanol–water partition coefficient (Wildman–Crippen LogP) is 4.29. The smallest absolute Gasteiger partial charge is 0.134 e. The highest BCUT2D eigenvalue weighted by Crippen LogP contribution is 2.25. The molecule has 0 saturated heterocycles. The summed E-state index contributed by atoms with van der Waals surface area (Å²) in [5.74, 6) is 1.53. The first kappa shape index (κ1) is 13.7. The lowest BCUT2D eigenvalue weighted by Crippen LogP contribution is -2.01. The Labute approximate surface area is 128 Å². The van der Waals surface area contributed by atoms with Gasteiger partial charge < -0.3 is 10.4 Å². The highest BCUT2D eigenvalue weighted by molar-refractivity contribution is 6.17. The monoisotopic (exact) mass is 298 g/mol. The number of hydrogen-bond acceptors (Lipinski definition) is 3. The van der Waals surface area contributed by atoms with Gasteiger partial charge in [-0.15, -0.1) is 11.6 Å². The summed E-state index contributed by atoms with van der Waals surface area (Å²) in [6.07, 6.45) is 1.76. The van der Waals surface area contributed by atoms with Crippen molar-refractivity contribution in [3.05, 3.63) is 65.9 Å². The van der Waals surface area contributed by atoms with E-state index in [0.717, 1.165) is 27.7 Å². The third-order valence-corrected chi connectivity index (χ3v) is 3.70. The summed E-state index contributed by atoms with van der Waals surface area (Å²) >= 11 is 5.78. The van der Waals surface area contributed by atoms with Gasteiger partial charge in [-0.25, -0.2) is 4.98 Å². The summed E-state index contributed by atoms with van der Waals surface area (Å²) in [5, 5.41) is 14.9. The maximum atomic E-state index is 9.63. The lowest BCUT2D eigenvalue weighted by Gasteiger charge is -2.09. The highest BCUT2D eigenvalue weighted by Gasteiger charge is 2.03. The van der Waals surface area contributed by atoms with Crippen molar-refractivity contribution < 1.29 is 5.11 Å². The molecule has 2 aromatic carbocycles. The van der Waals surface area contributed by atoms with Crippen LogP contribution in [-0.4, -0.2) is 10.1 Å². The minimum absolute atomic E-state index is 0.241. The van der Waals surface area contributed by atoms with Crippen molar-refractivity contribution in [2.45, 2.75) is 12.4 Å². The molecule has 0 aliphatic carbocycles. The zero-order valence-electron chi connectivity index (χ0n) is 11.4. The Balaban J connectivity index is 1.82. The van der Waals surface area contributed by atoms with E-state index in [9.17, 15) is 5.11 Å². The molecule has 2 N–H and O–H groups in total. The third kappa shape index (κ3) is 3.09. The molecule has 3 rings (SSSR count). The number of nitrogens with one attached hydrogen (secondary N) is 1. The van der Waals surface area contributed by atoms with Gasteiger partial charge in [-0.1, -0.05) is 30.3 Å². The molecule has 0 atom stereocenters. The molecule has 1 aromatic heterocycles. The van der Waals surface area contributed by atoms with E-state index in [1.807, 2.05) is 36.4 Å². The highest BCUT2D eigenvalue weighted by atomic mass is 35.5. The summed E-state index contributed by atoms with van der Waals surface area (Å²) < 4.78 is 0. The molecule has 0 aliphatic heterocycles. The second kappa shape index (κ2) is 6.02. The van der Waals surface area contributed by atoms with E-state index in [0.29, 0.717) is 12.4 Å². The van der Waals surface area contributed by atoms with Crippen LogP contribution in [0.2, 0.25) is 0 Å². The molecular formula is C17H15ClN2O. The van der Waals surface area contributed by atoms with E-state index in [2.05, 4.69) is 10.3 Å². The zero-order valence-corrected chi connectivity index (χ0v) is 12.1. The molecule has 0 amide bonds. The maximum Gasteiger partial charge on any atom is 0.134 e. The Morgan fingerprint density at radius 3 is 2.52 bits per heavy atom. The van der Waals surface area contributed by atoms with Crippen LogP contribution in [0.15, 0.2) is 54.7 Å². The van der Waals surface area contributed by atoms with Crippen LogP contribution >= 0.6 is 11.6 Å². The van der Waals surface area contributed by atoms with Gasteiger partial charge in [-0.3, -0.25) is 0 Å². The van der Waals surface area contributed by atoms with Gasteiger partial charge in [0, 0.05) is 24.0 Å². The number of rotatable bonds is 4. The van der Waals surface area contributed by atoms with Gasteiger partial charge in [0.05, 0.1) is 0 Å². The Hall–Kier alpha value is -2.26.